The Kier molecular flexibility index (Phi) is 11.0. The lowest BCUT2D eigenvalue weighted by atomic mass is 10.0. The largest absolute Gasteiger partial charge is 0.746 e. The molecule has 2 unspecified atom stereocenters. The first-order valence-electron chi connectivity index (χ1n) is 8.25. The van der Waals surface area contributed by atoms with Gasteiger partial charge in [0.05, 0.1) is 26.2 Å². The van der Waals surface area contributed by atoms with Crippen LogP contribution in [-0.2, 0) is 10.1 Å². The van der Waals surface area contributed by atoms with Crippen molar-refractivity contribution in [3.8, 4) is 0 Å². The highest BCUT2D eigenvalue weighted by Crippen LogP contribution is 2.51. The minimum Gasteiger partial charge on any atom is -0.746 e. The van der Waals surface area contributed by atoms with Gasteiger partial charge in [-0.2, -0.15) is 26.3 Å². The molecule has 0 saturated heterocycles. The first-order valence-corrected chi connectivity index (χ1v) is 9.72. The maximum absolute atomic E-state index is 12.7. The van der Waals surface area contributed by atoms with Gasteiger partial charge < -0.3 is 9.04 Å². The fourth-order valence-electron chi connectivity index (χ4n) is 2.22. The highest BCUT2D eigenvalue weighted by Gasteiger charge is 2.79. The summed E-state index contributed by atoms with van der Waals surface area (Å²) >= 11 is 0. The molecule has 0 spiro atoms. The molecule has 0 amide bonds. The maximum atomic E-state index is 12.7. The molecule has 0 rings (SSSR count). The van der Waals surface area contributed by atoms with Crippen molar-refractivity contribution in [2.75, 3.05) is 26.2 Å². The third-order valence-corrected chi connectivity index (χ3v) is 5.43. The topological polar surface area (TPSA) is 57.2 Å². The van der Waals surface area contributed by atoms with Gasteiger partial charge in [0.15, 0.2) is 0 Å². The fraction of sp³-hybridized carbons (Fsp3) is 1.00. The third kappa shape index (κ3) is 6.57. The van der Waals surface area contributed by atoms with E-state index in [0.29, 0.717) is 0 Å². The molecule has 0 aliphatic heterocycles. The minimum absolute atomic E-state index is 1.28. The molecule has 178 valence electrons. The van der Waals surface area contributed by atoms with Crippen LogP contribution in [0.3, 0.4) is 0 Å². The average Bonchev–Trinajstić information content (AvgIpc) is 2.62. The summed E-state index contributed by atoms with van der Waals surface area (Å²) in [6.45, 7) is 14.2. The van der Waals surface area contributed by atoms with E-state index in [1.807, 2.05) is 0 Å². The van der Waals surface area contributed by atoms with E-state index in [-0.39, 0.29) is 0 Å². The lowest BCUT2D eigenvalue weighted by Gasteiger charge is -2.35. The van der Waals surface area contributed by atoms with Crippen molar-refractivity contribution in [2.24, 2.45) is 0 Å². The van der Waals surface area contributed by atoms with Crippen LogP contribution in [0.4, 0.5) is 43.9 Å². The highest BCUT2D eigenvalue weighted by molar-refractivity contribution is 7.86. The normalized spacial score (nSPS) is 16.3. The van der Waals surface area contributed by atoms with Crippen LogP contribution in [0.15, 0.2) is 0 Å². The lowest BCUT2D eigenvalue weighted by molar-refractivity contribution is -0.921. The van der Waals surface area contributed by atoms with Crippen LogP contribution in [0.5, 0.6) is 0 Å². The summed E-state index contributed by atoms with van der Waals surface area (Å²) in [4.78, 5) is 0. The molecule has 0 aromatic rings. The van der Waals surface area contributed by atoms with Gasteiger partial charge in [0.25, 0.3) is 11.9 Å². The van der Waals surface area contributed by atoms with Gasteiger partial charge in [-0.05, 0) is 27.7 Å². The molecule has 0 aromatic carbocycles. The number of rotatable bonds is 10. The Morgan fingerprint density at radius 1 is 0.759 bits per heavy atom. The number of alkyl halides is 10. The van der Waals surface area contributed by atoms with Crippen molar-refractivity contribution < 1.29 is 61.4 Å². The Bertz CT molecular complexity index is 579. The number of quaternary nitrogens is 1. The van der Waals surface area contributed by atoms with E-state index in [0.717, 1.165) is 0 Å². The van der Waals surface area contributed by atoms with Crippen molar-refractivity contribution in [3.05, 3.63) is 0 Å². The number of nitrogens with zero attached hydrogens (tertiary/aromatic N) is 1. The molecule has 0 fully saturated rings. The molecule has 0 aromatic heterocycles. The highest BCUT2D eigenvalue weighted by atomic mass is 32.2. The van der Waals surface area contributed by atoms with Crippen molar-refractivity contribution in [1.29, 1.82) is 0 Å². The molecule has 4 nitrogen and oxygen atoms in total. The van der Waals surface area contributed by atoms with E-state index in [2.05, 4.69) is 27.7 Å². The summed E-state index contributed by atoms with van der Waals surface area (Å²) in [6, 6.07) is 0. The molecule has 0 heterocycles. The Morgan fingerprint density at radius 2 is 1.07 bits per heavy atom. The van der Waals surface area contributed by atoms with Crippen LogP contribution in [0.25, 0.3) is 0 Å². The molecule has 2 atom stereocenters. The van der Waals surface area contributed by atoms with Gasteiger partial charge in [-0.25, -0.2) is 26.0 Å². The molecule has 0 bridgehead atoms. The quantitative estimate of drug-likeness (QED) is 0.270. The molecular formula is C14H23F10NO3S. The standard InChI is InChI=1S/C8H20N.C6H4F10O3S/c1-5-9(6-2,7-3)8-4;7-1(2(8)9)4(11,12)6(15,16)5(13,14)3(10)20(17,18)19/h5-8H2,1-4H3;1-3H,(H,17,18,19)/q+1;/p-1. The minimum atomic E-state index is -7.20. The maximum Gasteiger partial charge on any atom is 0.379 e. The van der Waals surface area contributed by atoms with Crippen LogP contribution < -0.4 is 0 Å². The van der Waals surface area contributed by atoms with Crippen LogP contribution in [0.1, 0.15) is 27.7 Å². The molecule has 0 aliphatic carbocycles. The Morgan fingerprint density at radius 3 is 1.24 bits per heavy atom. The van der Waals surface area contributed by atoms with E-state index in [9.17, 15) is 56.9 Å². The fourth-order valence-corrected chi connectivity index (χ4v) is 2.73. The summed E-state index contributed by atoms with van der Waals surface area (Å²) in [7, 11) is -6.84. The van der Waals surface area contributed by atoms with Crippen LogP contribution in [0.2, 0.25) is 0 Å². The molecule has 29 heavy (non-hydrogen) atoms. The van der Waals surface area contributed by atoms with E-state index in [1.54, 1.807) is 0 Å². The molecule has 0 saturated carbocycles. The monoisotopic (exact) mass is 475 g/mol. The van der Waals surface area contributed by atoms with Crippen molar-refractivity contribution in [3.63, 3.8) is 0 Å². The summed E-state index contributed by atoms with van der Waals surface area (Å²) in [6.07, 6.45) is -10.0. The second-order valence-electron chi connectivity index (χ2n) is 5.97. The Labute approximate surface area is 162 Å². The molecule has 0 N–H and O–H groups in total. The van der Waals surface area contributed by atoms with Crippen LogP contribution >= 0.6 is 0 Å². The summed E-state index contributed by atoms with van der Waals surface area (Å²) < 4.78 is 154. The smallest absolute Gasteiger partial charge is 0.379 e. The van der Waals surface area contributed by atoms with Crippen molar-refractivity contribution >= 4 is 10.1 Å². The van der Waals surface area contributed by atoms with Crippen LogP contribution in [-0.4, -0.2) is 79.5 Å². The SMILES string of the molecule is CC[N+](CC)(CC)CC.O=S(=O)([O-])C(F)C(F)(F)C(F)(F)C(F)(F)C(F)C(F)F. The summed E-state index contributed by atoms with van der Waals surface area (Å²) in [5.41, 5.74) is -5.39. The van der Waals surface area contributed by atoms with E-state index in [4.69, 9.17) is 0 Å². The van der Waals surface area contributed by atoms with E-state index < -0.39 is 46.0 Å². The summed E-state index contributed by atoms with van der Waals surface area (Å²) in [5.74, 6) is -21.0. The number of hydrogen-bond acceptors (Lipinski definition) is 3. The van der Waals surface area contributed by atoms with Gasteiger partial charge in [0.2, 0.25) is 6.17 Å². The number of hydrogen-bond donors (Lipinski definition) is 0. The molecule has 0 aliphatic rings. The molecule has 0 radical (unpaired) electrons. The molecular weight excluding hydrogens is 452 g/mol. The summed E-state index contributed by atoms with van der Waals surface area (Å²) in [5, 5.41) is 0. The van der Waals surface area contributed by atoms with E-state index >= 15 is 0 Å². The van der Waals surface area contributed by atoms with Gasteiger partial charge >= 0.3 is 17.8 Å². The van der Waals surface area contributed by atoms with Crippen molar-refractivity contribution in [1.82, 2.24) is 0 Å². The van der Waals surface area contributed by atoms with Gasteiger partial charge in [-0.3, -0.25) is 0 Å². The van der Waals surface area contributed by atoms with Gasteiger partial charge in [-0.15, -0.1) is 0 Å². The van der Waals surface area contributed by atoms with Gasteiger partial charge in [-0.1, -0.05) is 0 Å². The van der Waals surface area contributed by atoms with E-state index in [1.165, 1.54) is 30.7 Å². The second-order valence-corrected chi connectivity index (χ2v) is 7.37. The van der Waals surface area contributed by atoms with Gasteiger partial charge in [0.1, 0.15) is 10.1 Å². The Hall–Kier alpha value is -0.830. The predicted octanol–water partition coefficient (Wildman–Crippen LogP) is 4.22. The molecule has 15 heteroatoms. The number of halogens is 10. The average molecular weight is 475 g/mol. The zero-order chi connectivity index (χ0) is 24.1. The third-order valence-electron chi connectivity index (χ3n) is 4.63. The van der Waals surface area contributed by atoms with Gasteiger partial charge in [0, 0.05) is 0 Å². The lowest BCUT2D eigenvalue weighted by Crippen LogP contribution is -2.63. The van der Waals surface area contributed by atoms with Crippen molar-refractivity contribution in [2.45, 2.75) is 63.6 Å². The zero-order valence-corrected chi connectivity index (χ0v) is 16.7. The van der Waals surface area contributed by atoms with Crippen LogP contribution in [0, 0.1) is 0 Å². The predicted molar refractivity (Wildman–Crippen MR) is 82.8 cm³/mol. The second kappa shape index (κ2) is 10.5. The first kappa shape index (κ1) is 30.4. The Balaban J connectivity index is 0. The zero-order valence-electron chi connectivity index (χ0n) is 15.9. The first-order chi connectivity index (χ1) is 12.8.